The maximum atomic E-state index is 5.08. The third-order valence-electron chi connectivity index (χ3n) is 1.49. The van der Waals surface area contributed by atoms with E-state index in [2.05, 4.69) is 20.4 Å². The molecule has 0 amide bonds. The fourth-order valence-corrected chi connectivity index (χ4v) is 0.727. The summed E-state index contributed by atoms with van der Waals surface area (Å²) in [4.78, 5) is 0. The van der Waals surface area contributed by atoms with Crippen molar-refractivity contribution in [2.75, 3.05) is 13.2 Å². The number of allylic oxidation sites excluding steroid dienone is 1. The second-order valence-corrected chi connectivity index (χ2v) is 2.47. The second kappa shape index (κ2) is 6.81. The van der Waals surface area contributed by atoms with Gasteiger partial charge in [0.1, 0.15) is 0 Å². The molecule has 0 aliphatic rings. The molecule has 59 valence electrons. The molecular formula is C9H17O. The molecule has 1 unspecified atom stereocenters. The van der Waals surface area contributed by atoms with Crippen molar-refractivity contribution in [3.8, 4) is 0 Å². The SMILES string of the molecule is [CH2]COCCCC(C)C=C. The molecule has 0 N–H and O–H groups in total. The van der Waals surface area contributed by atoms with E-state index in [4.69, 9.17) is 4.74 Å². The molecule has 0 fully saturated rings. The van der Waals surface area contributed by atoms with Gasteiger partial charge in [-0.2, -0.15) is 0 Å². The standard InChI is InChI=1S/C9H17O/c1-4-9(3)7-6-8-10-5-2/h4,9H,1-2,5-8H2,3H3. The molecule has 0 aromatic heterocycles. The lowest BCUT2D eigenvalue weighted by atomic mass is 10.1. The van der Waals surface area contributed by atoms with Gasteiger partial charge < -0.3 is 4.74 Å². The highest BCUT2D eigenvalue weighted by atomic mass is 16.5. The average molecular weight is 141 g/mol. The van der Waals surface area contributed by atoms with Crippen molar-refractivity contribution in [3.63, 3.8) is 0 Å². The van der Waals surface area contributed by atoms with Gasteiger partial charge in [-0.3, -0.25) is 0 Å². The molecule has 0 rings (SSSR count). The van der Waals surface area contributed by atoms with Gasteiger partial charge in [-0.15, -0.1) is 6.58 Å². The quantitative estimate of drug-likeness (QED) is 0.408. The predicted molar refractivity (Wildman–Crippen MR) is 44.8 cm³/mol. The molecule has 0 aromatic carbocycles. The fraction of sp³-hybridized carbons (Fsp3) is 0.667. The summed E-state index contributed by atoms with van der Waals surface area (Å²) in [5.41, 5.74) is 0. The molecule has 1 heteroatoms. The van der Waals surface area contributed by atoms with Crippen LogP contribution in [0.25, 0.3) is 0 Å². The third kappa shape index (κ3) is 5.83. The van der Waals surface area contributed by atoms with E-state index >= 15 is 0 Å². The number of hydrogen-bond acceptors (Lipinski definition) is 1. The Morgan fingerprint density at radius 3 is 2.80 bits per heavy atom. The highest BCUT2D eigenvalue weighted by Gasteiger charge is 1.94. The molecule has 0 heterocycles. The minimum atomic E-state index is 0.586. The first kappa shape index (κ1) is 9.70. The average Bonchev–Trinajstić information content (AvgIpc) is 1.98. The Kier molecular flexibility index (Phi) is 6.61. The lowest BCUT2D eigenvalue weighted by molar-refractivity contribution is 0.154. The lowest BCUT2D eigenvalue weighted by Crippen LogP contribution is -1.96. The van der Waals surface area contributed by atoms with E-state index < -0.39 is 0 Å². The molecule has 0 aliphatic heterocycles. The van der Waals surface area contributed by atoms with E-state index in [0.717, 1.165) is 13.0 Å². The monoisotopic (exact) mass is 141 g/mol. The normalized spacial score (nSPS) is 13.0. The highest BCUT2D eigenvalue weighted by molar-refractivity contribution is 4.74. The predicted octanol–water partition coefficient (Wildman–Crippen LogP) is 2.44. The summed E-state index contributed by atoms with van der Waals surface area (Å²) in [7, 11) is 0. The van der Waals surface area contributed by atoms with Crippen LogP contribution in [-0.4, -0.2) is 13.2 Å². The zero-order valence-electron chi connectivity index (χ0n) is 6.81. The van der Waals surface area contributed by atoms with Crippen molar-refractivity contribution in [1.82, 2.24) is 0 Å². The Balaban J connectivity index is 2.95. The van der Waals surface area contributed by atoms with E-state index in [1.54, 1.807) is 0 Å². The largest absolute Gasteiger partial charge is 0.381 e. The molecule has 0 aromatic rings. The van der Waals surface area contributed by atoms with Gasteiger partial charge in [0.2, 0.25) is 0 Å². The van der Waals surface area contributed by atoms with Crippen LogP contribution in [0.3, 0.4) is 0 Å². The van der Waals surface area contributed by atoms with Crippen molar-refractivity contribution < 1.29 is 4.74 Å². The van der Waals surface area contributed by atoms with Gasteiger partial charge in [0.15, 0.2) is 0 Å². The van der Waals surface area contributed by atoms with Crippen LogP contribution in [0.15, 0.2) is 12.7 Å². The molecule has 0 saturated heterocycles. The van der Waals surface area contributed by atoms with Crippen LogP contribution < -0.4 is 0 Å². The van der Waals surface area contributed by atoms with Gasteiger partial charge in [-0.05, 0) is 25.7 Å². The molecule has 0 saturated carbocycles. The zero-order valence-corrected chi connectivity index (χ0v) is 6.81. The van der Waals surface area contributed by atoms with E-state index in [1.807, 2.05) is 6.08 Å². The van der Waals surface area contributed by atoms with Crippen LogP contribution in [-0.2, 0) is 4.74 Å². The number of ether oxygens (including phenoxy) is 1. The summed E-state index contributed by atoms with van der Waals surface area (Å²) < 4.78 is 5.08. The van der Waals surface area contributed by atoms with Crippen LogP contribution in [0.4, 0.5) is 0 Å². The Hall–Kier alpha value is -0.300. The smallest absolute Gasteiger partial charge is 0.0466 e. The molecular weight excluding hydrogens is 124 g/mol. The van der Waals surface area contributed by atoms with E-state index in [9.17, 15) is 0 Å². The van der Waals surface area contributed by atoms with Crippen LogP contribution >= 0.6 is 0 Å². The maximum absolute atomic E-state index is 5.08. The summed E-state index contributed by atoms with van der Waals surface area (Å²) in [5.74, 6) is 0.619. The molecule has 10 heavy (non-hydrogen) atoms. The first-order chi connectivity index (χ1) is 4.81. The maximum Gasteiger partial charge on any atom is 0.0466 e. The van der Waals surface area contributed by atoms with Crippen LogP contribution in [0.2, 0.25) is 0 Å². The summed E-state index contributed by atoms with van der Waals surface area (Å²) in [6.07, 6.45) is 4.26. The van der Waals surface area contributed by atoms with Gasteiger partial charge >= 0.3 is 0 Å². The first-order valence-electron chi connectivity index (χ1n) is 3.80. The van der Waals surface area contributed by atoms with Crippen molar-refractivity contribution in [3.05, 3.63) is 19.6 Å². The minimum absolute atomic E-state index is 0.586. The Morgan fingerprint density at radius 1 is 1.60 bits per heavy atom. The number of rotatable bonds is 6. The molecule has 0 spiro atoms. The van der Waals surface area contributed by atoms with Gasteiger partial charge in [0, 0.05) is 13.2 Å². The lowest BCUT2D eigenvalue weighted by Gasteiger charge is -2.04. The molecule has 1 radical (unpaired) electrons. The Morgan fingerprint density at radius 2 is 2.30 bits per heavy atom. The summed E-state index contributed by atoms with van der Waals surface area (Å²) in [6, 6.07) is 0. The highest BCUT2D eigenvalue weighted by Crippen LogP contribution is 2.05. The molecule has 1 atom stereocenters. The molecule has 0 aliphatic carbocycles. The van der Waals surface area contributed by atoms with Gasteiger partial charge in [0.05, 0.1) is 0 Å². The third-order valence-corrected chi connectivity index (χ3v) is 1.49. The topological polar surface area (TPSA) is 9.23 Å². The van der Waals surface area contributed by atoms with Crippen molar-refractivity contribution in [1.29, 1.82) is 0 Å². The summed E-state index contributed by atoms with van der Waals surface area (Å²) >= 11 is 0. The summed E-state index contributed by atoms with van der Waals surface area (Å²) in [5, 5.41) is 0. The summed E-state index contributed by atoms with van der Waals surface area (Å²) in [6.45, 7) is 10.9. The molecule has 1 nitrogen and oxygen atoms in total. The number of hydrogen-bond donors (Lipinski definition) is 0. The first-order valence-corrected chi connectivity index (χ1v) is 3.80. The Labute approximate surface area is 64.1 Å². The second-order valence-electron chi connectivity index (χ2n) is 2.47. The minimum Gasteiger partial charge on any atom is -0.381 e. The van der Waals surface area contributed by atoms with E-state index in [1.165, 1.54) is 6.42 Å². The van der Waals surface area contributed by atoms with Crippen LogP contribution in [0, 0.1) is 12.8 Å². The zero-order chi connectivity index (χ0) is 7.82. The van der Waals surface area contributed by atoms with E-state index in [0.29, 0.717) is 12.5 Å². The fourth-order valence-electron chi connectivity index (χ4n) is 0.727. The molecule has 0 bridgehead atoms. The van der Waals surface area contributed by atoms with Gasteiger partial charge in [0.25, 0.3) is 0 Å². The van der Waals surface area contributed by atoms with Crippen molar-refractivity contribution >= 4 is 0 Å². The van der Waals surface area contributed by atoms with Crippen LogP contribution in [0.5, 0.6) is 0 Å². The van der Waals surface area contributed by atoms with Crippen molar-refractivity contribution in [2.45, 2.75) is 19.8 Å². The van der Waals surface area contributed by atoms with Gasteiger partial charge in [-0.25, -0.2) is 0 Å². The Bertz CT molecular complexity index is 78.8. The van der Waals surface area contributed by atoms with Crippen LogP contribution in [0.1, 0.15) is 19.8 Å². The van der Waals surface area contributed by atoms with Crippen molar-refractivity contribution in [2.24, 2.45) is 5.92 Å². The van der Waals surface area contributed by atoms with E-state index in [-0.39, 0.29) is 0 Å². The van der Waals surface area contributed by atoms with Gasteiger partial charge in [-0.1, -0.05) is 13.0 Å².